The molecule has 0 amide bonds. The molecule has 0 spiro atoms. The van der Waals surface area contributed by atoms with Gasteiger partial charge in [-0.15, -0.1) is 0 Å². The van der Waals surface area contributed by atoms with Crippen LogP contribution in [0.15, 0.2) is 72.8 Å². The molecule has 3 rings (SSSR count). The summed E-state index contributed by atoms with van der Waals surface area (Å²) in [5.41, 5.74) is 2.27. The maximum Gasteiger partial charge on any atom is 0.0824 e. The van der Waals surface area contributed by atoms with Crippen LogP contribution in [0.3, 0.4) is 0 Å². The van der Waals surface area contributed by atoms with Crippen LogP contribution in [-0.2, 0) is 17.8 Å². The van der Waals surface area contributed by atoms with E-state index in [4.69, 9.17) is 4.74 Å². The zero-order valence-corrected chi connectivity index (χ0v) is 14.2. The van der Waals surface area contributed by atoms with Crippen LogP contribution >= 0.6 is 0 Å². The summed E-state index contributed by atoms with van der Waals surface area (Å²) in [6, 6.07) is 24.4. The lowest BCUT2D eigenvalue weighted by Gasteiger charge is -2.22. The van der Waals surface area contributed by atoms with E-state index in [1.165, 1.54) is 16.3 Å². The molecule has 0 aliphatic carbocycles. The molecule has 3 aromatic carbocycles. The highest BCUT2D eigenvalue weighted by Gasteiger charge is 2.20. The smallest absolute Gasteiger partial charge is 0.0824 e. The number of hydrogen-bond acceptors (Lipinski definition) is 3. The highest BCUT2D eigenvalue weighted by molar-refractivity contribution is 5.85. The molecule has 0 aliphatic rings. The van der Waals surface area contributed by atoms with E-state index in [9.17, 15) is 10.2 Å². The Bertz CT molecular complexity index is 780. The van der Waals surface area contributed by atoms with Crippen LogP contribution in [0.4, 0.5) is 0 Å². The molecule has 3 aromatic rings. The Labute approximate surface area is 148 Å². The van der Waals surface area contributed by atoms with Crippen molar-refractivity contribution in [3.8, 4) is 0 Å². The predicted molar refractivity (Wildman–Crippen MR) is 100 cm³/mol. The van der Waals surface area contributed by atoms with Crippen LogP contribution in [-0.4, -0.2) is 29.5 Å². The molecule has 130 valence electrons. The first-order valence-electron chi connectivity index (χ1n) is 8.65. The summed E-state index contributed by atoms with van der Waals surface area (Å²) in [6.07, 6.45) is -0.132. The topological polar surface area (TPSA) is 49.7 Å². The van der Waals surface area contributed by atoms with Crippen molar-refractivity contribution in [2.45, 2.75) is 19.1 Å². The molecule has 0 saturated carbocycles. The van der Waals surface area contributed by atoms with Crippen LogP contribution < -0.4 is 0 Å². The lowest BCUT2D eigenvalue weighted by molar-refractivity contribution is -0.00511. The van der Waals surface area contributed by atoms with Gasteiger partial charge in [0, 0.05) is 5.92 Å². The Kier molecular flexibility index (Phi) is 6.18. The zero-order chi connectivity index (χ0) is 17.5. The number of fused-ring (bicyclic) bond motifs is 1. The Hall–Kier alpha value is -2.20. The molecular formula is C22H24O3. The maximum absolute atomic E-state index is 10.2. The van der Waals surface area contributed by atoms with Gasteiger partial charge in [0.2, 0.25) is 0 Å². The molecule has 0 fully saturated rings. The van der Waals surface area contributed by atoms with E-state index >= 15 is 0 Å². The minimum Gasteiger partial charge on any atom is -0.394 e. The SMILES string of the molecule is OC[C@H](O)[C@@H](COCc1ccccc1)Cc1cccc2ccccc12. The third-order valence-electron chi connectivity index (χ3n) is 4.54. The number of hydrogen-bond donors (Lipinski definition) is 2. The first-order chi connectivity index (χ1) is 12.3. The fourth-order valence-electron chi connectivity index (χ4n) is 3.11. The van der Waals surface area contributed by atoms with E-state index in [1.807, 2.05) is 48.5 Å². The Balaban J connectivity index is 1.70. The molecule has 0 radical (unpaired) electrons. The lowest BCUT2D eigenvalue weighted by atomic mass is 9.92. The van der Waals surface area contributed by atoms with Crippen molar-refractivity contribution in [2.75, 3.05) is 13.2 Å². The summed E-state index contributed by atoms with van der Waals surface area (Å²) in [5, 5.41) is 22.0. The van der Waals surface area contributed by atoms with Crippen molar-refractivity contribution in [1.29, 1.82) is 0 Å². The Morgan fingerprint density at radius 2 is 1.56 bits per heavy atom. The average Bonchev–Trinajstić information content (AvgIpc) is 2.67. The second-order valence-electron chi connectivity index (χ2n) is 6.35. The average molecular weight is 336 g/mol. The van der Waals surface area contributed by atoms with Crippen LogP contribution in [0.2, 0.25) is 0 Å². The van der Waals surface area contributed by atoms with Gasteiger partial charge >= 0.3 is 0 Å². The summed E-state index contributed by atoms with van der Waals surface area (Å²) in [4.78, 5) is 0. The summed E-state index contributed by atoms with van der Waals surface area (Å²) < 4.78 is 5.82. The van der Waals surface area contributed by atoms with Gasteiger partial charge in [-0.3, -0.25) is 0 Å². The minimum atomic E-state index is -0.797. The van der Waals surface area contributed by atoms with E-state index < -0.39 is 6.10 Å². The molecule has 2 atom stereocenters. The van der Waals surface area contributed by atoms with Gasteiger partial charge in [0.1, 0.15) is 0 Å². The molecule has 0 aliphatic heterocycles. The zero-order valence-electron chi connectivity index (χ0n) is 14.2. The molecule has 2 N–H and O–H groups in total. The molecule has 3 nitrogen and oxygen atoms in total. The normalized spacial score (nSPS) is 13.7. The van der Waals surface area contributed by atoms with E-state index in [1.54, 1.807) is 0 Å². The van der Waals surface area contributed by atoms with Crippen molar-refractivity contribution >= 4 is 10.8 Å². The number of benzene rings is 3. The van der Waals surface area contributed by atoms with E-state index in [2.05, 4.69) is 24.3 Å². The quantitative estimate of drug-likeness (QED) is 0.661. The highest BCUT2D eigenvalue weighted by Crippen LogP contribution is 2.23. The van der Waals surface area contributed by atoms with E-state index in [-0.39, 0.29) is 12.5 Å². The summed E-state index contributed by atoms with van der Waals surface area (Å²) in [5.74, 6) is -0.153. The van der Waals surface area contributed by atoms with Crippen LogP contribution in [0.5, 0.6) is 0 Å². The number of rotatable bonds is 8. The molecule has 25 heavy (non-hydrogen) atoms. The molecule has 0 unspecified atom stereocenters. The minimum absolute atomic E-state index is 0.153. The molecule has 0 bridgehead atoms. The van der Waals surface area contributed by atoms with Gasteiger partial charge in [-0.1, -0.05) is 72.8 Å². The summed E-state index contributed by atoms with van der Waals surface area (Å²) in [6.45, 7) is 0.648. The Morgan fingerprint density at radius 1 is 0.840 bits per heavy atom. The van der Waals surface area contributed by atoms with Gasteiger partial charge in [-0.05, 0) is 28.3 Å². The number of aliphatic hydroxyl groups excluding tert-OH is 2. The van der Waals surface area contributed by atoms with Crippen LogP contribution in [0.1, 0.15) is 11.1 Å². The predicted octanol–water partition coefficient (Wildman–Crippen LogP) is 3.57. The maximum atomic E-state index is 10.2. The van der Waals surface area contributed by atoms with Gasteiger partial charge in [0.25, 0.3) is 0 Å². The van der Waals surface area contributed by atoms with Crippen LogP contribution in [0, 0.1) is 5.92 Å². The fraction of sp³-hybridized carbons (Fsp3) is 0.273. The van der Waals surface area contributed by atoms with Gasteiger partial charge in [0.05, 0.1) is 25.9 Å². The Morgan fingerprint density at radius 3 is 2.36 bits per heavy atom. The molecular weight excluding hydrogens is 312 g/mol. The molecule has 0 aromatic heterocycles. The third kappa shape index (κ3) is 4.67. The first-order valence-corrected chi connectivity index (χ1v) is 8.65. The van der Waals surface area contributed by atoms with Crippen molar-refractivity contribution < 1.29 is 14.9 Å². The highest BCUT2D eigenvalue weighted by atomic mass is 16.5. The van der Waals surface area contributed by atoms with E-state index in [0.29, 0.717) is 19.6 Å². The second-order valence-corrected chi connectivity index (χ2v) is 6.35. The first kappa shape index (κ1) is 17.6. The van der Waals surface area contributed by atoms with Gasteiger partial charge in [-0.2, -0.15) is 0 Å². The molecule has 0 saturated heterocycles. The van der Waals surface area contributed by atoms with E-state index in [0.717, 1.165) is 5.56 Å². The van der Waals surface area contributed by atoms with Gasteiger partial charge in [0.15, 0.2) is 0 Å². The molecule has 0 heterocycles. The van der Waals surface area contributed by atoms with Crippen molar-refractivity contribution in [1.82, 2.24) is 0 Å². The van der Waals surface area contributed by atoms with Gasteiger partial charge in [-0.25, -0.2) is 0 Å². The monoisotopic (exact) mass is 336 g/mol. The van der Waals surface area contributed by atoms with Crippen molar-refractivity contribution in [3.63, 3.8) is 0 Å². The summed E-state index contributed by atoms with van der Waals surface area (Å²) >= 11 is 0. The second kappa shape index (κ2) is 8.77. The van der Waals surface area contributed by atoms with Gasteiger partial charge < -0.3 is 14.9 Å². The van der Waals surface area contributed by atoms with Crippen LogP contribution in [0.25, 0.3) is 10.8 Å². The standard InChI is InChI=1S/C22H24O3/c23-14-22(24)20(16-25-15-17-7-2-1-3-8-17)13-19-11-6-10-18-9-4-5-12-21(18)19/h1-12,20,22-24H,13-16H2/t20-,22+/m1/s1. The fourth-order valence-corrected chi connectivity index (χ4v) is 3.11. The lowest BCUT2D eigenvalue weighted by Crippen LogP contribution is -2.30. The number of aliphatic hydroxyl groups is 2. The number of ether oxygens (including phenoxy) is 1. The van der Waals surface area contributed by atoms with Crippen molar-refractivity contribution in [2.24, 2.45) is 5.92 Å². The van der Waals surface area contributed by atoms with Crippen molar-refractivity contribution in [3.05, 3.63) is 83.9 Å². The third-order valence-corrected chi connectivity index (χ3v) is 4.54. The molecule has 3 heteroatoms. The summed E-state index contributed by atoms with van der Waals surface area (Å²) in [7, 11) is 0. The largest absolute Gasteiger partial charge is 0.394 e.